The molecule has 0 saturated carbocycles. The van der Waals surface area contributed by atoms with Gasteiger partial charge in [0.05, 0.1) is 18.6 Å². The number of benzene rings is 1. The lowest BCUT2D eigenvalue weighted by molar-refractivity contribution is -0.140. The van der Waals surface area contributed by atoms with Gasteiger partial charge in [-0.05, 0) is 30.7 Å². The topological polar surface area (TPSA) is 76.1 Å². The maximum atomic E-state index is 12.1. The summed E-state index contributed by atoms with van der Waals surface area (Å²) < 4.78 is 11.0. The zero-order valence-corrected chi connectivity index (χ0v) is 15.4. The standard InChI is InChI=1S/C17H17NO5S2/c1-3-23-12-8-7-11(9-13(12)22-2)5-4-6-14-16(21)18(10-15(19)20)17(24)25-14/h4-9H,3,10H2,1-2H3,(H,19,20). The van der Waals surface area contributed by atoms with Gasteiger partial charge in [-0.25, -0.2) is 0 Å². The van der Waals surface area contributed by atoms with E-state index in [-0.39, 0.29) is 4.32 Å². The molecule has 0 bridgehead atoms. The number of thioether (sulfide) groups is 1. The third kappa shape index (κ3) is 4.83. The molecule has 1 aromatic carbocycles. The predicted molar refractivity (Wildman–Crippen MR) is 101 cm³/mol. The van der Waals surface area contributed by atoms with Gasteiger partial charge in [0.15, 0.2) is 11.5 Å². The minimum atomic E-state index is -1.10. The molecule has 0 spiro atoms. The molecule has 132 valence electrons. The van der Waals surface area contributed by atoms with Crippen molar-refractivity contribution in [2.24, 2.45) is 0 Å². The number of methoxy groups -OCH3 is 1. The third-order valence-corrected chi connectivity index (χ3v) is 4.59. The van der Waals surface area contributed by atoms with Gasteiger partial charge in [0.2, 0.25) is 0 Å². The van der Waals surface area contributed by atoms with E-state index in [1.807, 2.05) is 31.2 Å². The number of rotatable bonds is 7. The quantitative estimate of drug-likeness (QED) is 0.576. The number of allylic oxidation sites excluding steroid dienone is 2. The minimum Gasteiger partial charge on any atom is -0.493 e. The lowest BCUT2D eigenvalue weighted by Gasteiger charge is -2.10. The van der Waals surface area contributed by atoms with Crippen LogP contribution in [0.1, 0.15) is 12.5 Å². The van der Waals surface area contributed by atoms with Crippen LogP contribution in [0.5, 0.6) is 11.5 Å². The summed E-state index contributed by atoms with van der Waals surface area (Å²) in [5.41, 5.74) is 0.873. The van der Waals surface area contributed by atoms with Gasteiger partial charge in [-0.1, -0.05) is 42.2 Å². The number of ether oxygens (including phenoxy) is 2. The van der Waals surface area contributed by atoms with Gasteiger partial charge in [0.1, 0.15) is 10.9 Å². The van der Waals surface area contributed by atoms with Crippen LogP contribution in [0.25, 0.3) is 6.08 Å². The van der Waals surface area contributed by atoms with Crippen molar-refractivity contribution < 1.29 is 24.2 Å². The van der Waals surface area contributed by atoms with Crippen LogP contribution in [0.3, 0.4) is 0 Å². The Labute approximate surface area is 155 Å². The Morgan fingerprint density at radius 2 is 2.16 bits per heavy atom. The van der Waals surface area contributed by atoms with Gasteiger partial charge in [-0.3, -0.25) is 14.5 Å². The number of carboxylic acid groups (broad SMARTS) is 1. The number of aliphatic carboxylic acids is 1. The monoisotopic (exact) mass is 379 g/mol. The SMILES string of the molecule is CCOc1ccc(C=CC=C2SC(=S)N(CC(=O)O)C2=O)cc1OC. The highest BCUT2D eigenvalue weighted by Crippen LogP contribution is 2.31. The fourth-order valence-electron chi connectivity index (χ4n) is 2.09. The molecule has 1 heterocycles. The molecule has 1 fully saturated rings. The van der Waals surface area contributed by atoms with Crippen LogP contribution in [0.15, 0.2) is 35.3 Å². The van der Waals surface area contributed by atoms with Crippen LogP contribution in [0.4, 0.5) is 0 Å². The first-order valence-corrected chi connectivity index (χ1v) is 8.63. The molecular formula is C17H17NO5S2. The van der Waals surface area contributed by atoms with E-state index in [1.165, 1.54) is 0 Å². The van der Waals surface area contributed by atoms with E-state index in [0.29, 0.717) is 23.0 Å². The number of carboxylic acids is 1. The maximum absolute atomic E-state index is 12.1. The van der Waals surface area contributed by atoms with E-state index in [9.17, 15) is 9.59 Å². The Morgan fingerprint density at radius 1 is 1.40 bits per heavy atom. The first kappa shape index (κ1) is 19.0. The molecule has 0 unspecified atom stereocenters. The average molecular weight is 379 g/mol. The summed E-state index contributed by atoms with van der Waals surface area (Å²) in [7, 11) is 1.57. The van der Waals surface area contributed by atoms with Gasteiger partial charge < -0.3 is 14.6 Å². The fourth-order valence-corrected chi connectivity index (χ4v) is 3.30. The second-order valence-corrected chi connectivity index (χ2v) is 6.56. The van der Waals surface area contributed by atoms with Gasteiger partial charge in [-0.2, -0.15) is 0 Å². The van der Waals surface area contributed by atoms with Crippen molar-refractivity contribution in [3.63, 3.8) is 0 Å². The molecule has 1 N–H and O–H groups in total. The van der Waals surface area contributed by atoms with Crippen molar-refractivity contribution in [1.29, 1.82) is 0 Å². The average Bonchev–Trinajstić information content (AvgIpc) is 2.83. The van der Waals surface area contributed by atoms with Crippen molar-refractivity contribution in [2.45, 2.75) is 6.92 Å². The third-order valence-electron chi connectivity index (χ3n) is 3.19. The lowest BCUT2D eigenvalue weighted by Crippen LogP contribution is -2.33. The fraction of sp³-hybridized carbons (Fsp3) is 0.235. The highest BCUT2D eigenvalue weighted by atomic mass is 32.2. The molecule has 8 heteroatoms. The molecule has 0 aliphatic carbocycles. The van der Waals surface area contributed by atoms with Crippen LogP contribution in [-0.2, 0) is 9.59 Å². The molecule has 1 aliphatic rings. The second kappa shape index (κ2) is 8.68. The summed E-state index contributed by atoms with van der Waals surface area (Å²) in [5, 5.41) is 8.81. The Kier molecular flexibility index (Phi) is 6.60. The van der Waals surface area contributed by atoms with Crippen LogP contribution in [0.2, 0.25) is 0 Å². The summed E-state index contributed by atoms with van der Waals surface area (Å²) in [6, 6.07) is 5.51. The van der Waals surface area contributed by atoms with Crippen LogP contribution < -0.4 is 9.47 Å². The van der Waals surface area contributed by atoms with E-state index in [1.54, 1.807) is 19.3 Å². The maximum Gasteiger partial charge on any atom is 0.323 e. The Balaban J connectivity index is 2.12. The number of amides is 1. The van der Waals surface area contributed by atoms with Gasteiger partial charge in [-0.15, -0.1) is 0 Å². The number of thiocarbonyl (C=S) groups is 1. The summed E-state index contributed by atoms with van der Waals surface area (Å²) in [5.74, 6) is -0.214. The molecule has 1 aliphatic heterocycles. The van der Waals surface area contributed by atoms with E-state index in [0.717, 1.165) is 22.2 Å². The van der Waals surface area contributed by atoms with Crippen molar-refractivity contribution in [2.75, 3.05) is 20.3 Å². The van der Waals surface area contributed by atoms with E-state index < -0.39 is 18.4 Å². The smallest absolute Gasteiger partial charge is 0.323 e. The summed E-state index contributed by atoms with van der Waals surface area (Å²) in [6.45, 7) is 2.01. The van der Waals surface area contributed by atoms with Crippen LogP contribution in [-0.4, -0.2) is 46.5 Å². The van der Waals surface area contributed by atoms with Gasteiger partial charge in [0.25, 0.3) is 5.91 Å². The molecule has 1 saturated heterocycles. The first-order valence-electron chi connectivity index (χ1n) is 7.41. The Hall–Kier alpha value is -2.32. The molecule has 6 nitrogen and oxygen atoms in total. The van der Waals surface area contributed by atoms with Gasteiger partial charge >= 0.3 is 5.97 Å². The molecule has 2 rings (SSSR count). The molecule has 0 atom stereocenters. The predicted octanol–water partition coefficient (Wildman–Crippen LogP) is 2.94. The molecule has 0 radical (unpaired) electrons. The molecule has 1 aromatic rings. The van der Waals surface area contributed by atoms with Crippen molar-refractivity contribution in [3.8, 4) is 11.5 Å². The van der Waals surface area contributed by atoms with Gasteiger partial charge in [0, 0.05) is 0 Å². The lowest BCUT2D eigenvalue weighted by atomic mass is 10.2. The molecule has 25 heavy (non-hydrogen) atoms. The largest absolute Gasteiger partial charge is 0.493 e. The number of hydrogen-bond acceptors (Lipinski definition) is 6. The summed E-state index contributed by atoms with van der Waals surface area (Å²) >= 11 is 6.12. The van der Waals surface area contributed by atoms with Crippen LogP contribution in [0, 0.1) is 0 Å². The summed E-state index contributed by atoms with van der Waals surface area (Å²) in [6.07, 6.45) is 5.13. The number of hydrogen-bond donors (Lipinski definition) is 1. The van der Waals surface area contributed by atoms with Crippen molar-refractivity contribution in [1.82, 2.24) is 4.90 Å². The van der Waals surface area contributed by atoms with E-state index in [4.69, 9.17) is 26.8 Å². The van der Waals surface area contributed by atoms with E-state index >= 15 is 0 Å². The van der Waals surface area contributed by atoms with Crippen LogP contribution >= 0.6 is 24.0 Å². The van der Waals surface area contributed by atoms with E-state index in [2.05, 4.69) is 0 Å². The van der Waals surface area contributed by atoms with Crippen molar-refractivity contribution >= 4 is 46.3 Å². The molecular weight excluding hydrogens is 362 g/mol. The Bertz CT molecular complexity index is 757. The zero-order valence-electron chi connectivity index (χ0n) is 13.7. The van der Waals surface area contributed by atoms with Crippen molar-refractivity contribution in [3.05, 3.63) is 40.8 Å². The molecule has 0 aromatic heterocycles. The zero-order chi connectivity index (χ0) is 18.4. The number of carbonyl (C=O) groups is 2. The number of nitrogens with zero attached hydrogens (tertiary/aromatic N) is 1. The Morgan fingerprint density at radius 3 is 2.80 bits per heavy atom. The highest BCUT2D eigenvalue weighted by molar-refractivity contribution is 8.26. The minimum absolute atomic E-state index is 0.245. The number of carbonyl (C=O) groups excluding carboxylic acids is 1. The normalized spacial score (nSPS) is 16.1. The second-order valence-electron chi connectivity index (χ2n) is 4.89. The molecule has 1 amide bonds. The first-order chi connectivity index (χ1) is 12.0. The highest BCUT2D eigenvalue weighted by Gasteiger charge is 2.32. The summed E-state index contributed by atoms with van der Waals surface area (Å²) in [4.78, 5) is 24.4.